The number of amidine groups is 1. The smallest absolute Gasteiger partial charge is 0.265 e. The number of nitrogens with two attached hydrogens (primary N) is 1. The number of nitrogen functional groups attached to an aromatic ring is 1. The Labute approximate surface area is 186 Å². The molecule has 0 saturated carbocycles. The van der Waals surface area contributed by atoms with E-state index in [0.29, 0.717) is 26.9 Å². The van der Waals surface area contributed by atoms with Crippen LogP contribution in [0.2, 0.25) is 4.34 Å². The van der Waals surface area contributed by atoms with E-state index in [0.717, 1.165) is 16.9 Å². The molecule has 3 aromatic rings. The number of benzene rings is 2. The molecule has 2 heterocycles. The second-order valence-electron chi connectivity index (χ2n) is 6.91. The van der Waals surface area contributed by atoms with Gasteiger partial charge in [0.15, 0.2) is 0 Å². The van der Waals surface area contributed by atoms with Crippen LogP contribution in [0.4, 0.5) is 5.69 Å². The molecule has 1 aliphatic heterocycles. The van der Waals surface area contributed by atoms with Crippen molar-refractivity contribution < 1.29 is 14.4 Å². The Hall–Kier alpha value is -3.49. The number of carbonyl (C=O) groups is 3. The molecule has 0 fully saturated rings. The molecule has 1 aromatic heterocycles. The first kappa shape index (κ1) is 20.8. The molecule has 0 atom stereocenters. The molecule has 2 aromatic carbocycles. The molecular weight excluding hydrogens is 436 g/mol. The number of amides is 3. The third-order valence-corrected chi connectivity index (χ3v) is 6.16. The van der Waals surface area contributed by atoms with Crippen molar-refractivity contribution in [2.24, 2.45) is 5.73 Å². The average Bonchev–Trinajstić information content (AvgIpc) is 3.29. The number of halogens is 1. The molecule has 9 heteroatoms. The van der Waals surface area contributed by atoms with E-state index in [1.165, 1.54) is 4.90 Å². The second-order valence-corrected chi connectivity index (χ2v) is 8.62. The fourth-order valence-electron chi connectivity index (χ4n) is 3.35. The fourth-order valence-corrected chi connectivity index (χ4v) is 4.29. The molecule has 1 aliphatic rings. The van der Waals surface area contributed by atoms with Crippen LogP contribution in [-0.4, -0.2) is 35.0 Å². The minimum absolute atomic E-state index is 0.0219. The maximum absolute atomic E-state index is 13.0. The van der Waals surface area contributed by atoms with Crippen molar-refractivity contribution >= 4 is 52.2 Å². The highest BCUT2D eigenvalue weighted by Gasteiger charge is 2.37. The standard InChI is InChI=1S/C22H17ClN4O3S/c23-17-9-8-16(31-17)20(28)26-15-3-1-2-14-18(15)22(30)27(21(14)29)11-10-12-4-6-13(7-5-12)19(24)25/h1-9H,10-11H2,(H3,24,25)(H,26,28). The summed E-state index contributed by atoms with van der Waals surface area (Å²) in [4.78, 5) is 39.9. The Morgan fingerprint density at radius 2 is 1.81 bits per heavy atom. The maximum Gasteiger partial charge on any atom is 0.265 e. The molecular formula is C22H17ClN4O3S. The van der Waals surface area contributed by atoms with Gasteiger partial charge in [-0.15, -0.1) is 11.3 Å². The van der Waals surface area contributed by atoms with Crippen molar-refractivity contribution in [3.05, 3.63) is 86.1 Å². The van der Waals surface area contributed by atoms with Crippen LogP contribution in [0.3, 0.4) is 0 Å². The van der Waals surface area contributed by atoms with Crippen LogP contribution in [0.1, 0.15) is 41.5 Å². The predicted molar refractivity (Wildman–Crippen MR) is 120 cm³/mol. The zero-order valence-electron chi connectivity index (χ0n) is 16.1. The van der Waals surface area contributed by atoms with Gasteiger partial charge in [0, 0.05) is 12.1 Å². The van der Waals surface area contributed by atoms with E-state index in [9.17, 15) is 14.4 Å². The van der Waals surface area contributed by atoms with Gasteiger partial charge in [0.25, 0.3) is 17.7 Å². The van der Waals surface area contributed by atoms with E-state index in [-0.39, 0.29) is 23.5 Å². The third-order valence-electron chi connectivity index (χ3n) is 4.93. The number of hydrogen-bond donors (Lipinski definition) is 3. The lowest BCUT2D eigenvalue weighted by atomic mass is 10.1. The van der Waals surface area contributed by atoms with Crippen molar-refractivity contribution in [1.29, 1.82) is 5.41 Å². The van der Waals surface area contributed by atoms with Crippen molar-refractivity contribution in [3.8, 4) is 0 Å². The average molecular weight is 453 g/mol. The largest absolute Gasteiger partial charge is 0.384 e. The molecule has 156 valence electrons. The van der Waals surface area contributed by atoms with Crippen molar-refractivity contribution in [2.45, 2.75) is 6.42 Å². The van der Waals surface area contributed by atoms with Gasteiger partial charge >= 0.3 is 0 Å². The van der Waals surface area contributed by atoms with Gasteiger partial charge in [0.2, 0.25) is 0 Å². The molecule has 0 bridgehead atoms. The number of nitrogens with zero attached hydrogens (tertiary/aromatic N) is 1. The summed E-state index contributed by atoms with van der Waals surface area (Å²) in [6, 6.07) is 15.1. The minimum Gasteiger partial charge on any atom is -0.384 e. The van der Waals surface area contributed by atoms with Crippen LogP contribution in [-0.2, 0) is 6.42 Å². The first-order valence-electron chi connectivity index (χ1n) is 9.34. The van der Waals surface area contributed by atoms with Gasteiger partial charge in [-0.2, -0.15) is 0 Å². The third kappa shape index (κ3) is 4.08. The zero-order valence-corrected chi connectivity index (χ0v) is 17.7. The van der Waals surface area contributed by atoms with Crippen molar-refractivity contribution in [3.63, 3.8) is 0 Å². The normalized spacial score (nSPS) is 12.7. The summed E-state index contributed by atoms with van der Waals surface area (Å²) in [6.45, 7) is 0.194. The van der Waals surface area contributed by atoms with E-state index in [1.807, 2.05) is 12.1 Å². The molecule has 31 heavy (non-hydrogen) atoms. The van der Waals surface area contributed by atoms with E-state index in [1.54, 1.807) is 42.5 Å². The first-order valence-corrected chi connectivity index (χ1v) is 10.5. The number of imide groups is 1. The van der Waals surface area contributed by atoms with Gasteiger partial charge in [0.1, 0.15) is 5.84 Å². The summed E-state index contributed by atoms with van der Waals surface area (Å²) in [7, 11) is 0. The van der Waals surface area contributed by atoms with Gasteiger partial charge in [-0.3, -0.25) is 24.7 Å². The molecule has 0 spiro atoms. The number of nitrogens with one attached hydrogen (secondary N) is 2. The van der Waals surface area contributed by atoms with Gasteiger partial charge in [-0.25, -0.2) is 0 Å². The molecule has 0 radical (unpaired) electrons. The lowest BCUT2D eigenvalue weighted by Crippen LogP contribution is -2.32. The van der Waals surface area contributed by atoms with Crippen LogP contribution in [0.25, 0.3) is 0 Å². The van der Waals surface area contributed by atoms with Gasteiger partial charge in [0.05, 0.1) is 26.0 Å². The highest BCUT2D eigenvalue weighted by atomic mass is 35.5. The topological polar surface area (TPSA) is 116 Å². The predicted octanol–water partition coefficient (Wildman–Crippen LogP) is 3.78. The number of hydrogen-bond acceptors (Lipinski definition) is 5. The summed E-state index contributed by atoms with van der Waals surface area (Å²) >= 11 is 7.02. The Balaban J connectivity index is 1.51. The van der Waals surface area contributed by atoms with E-state index in [4.69, 9.17) is 22.7 Å². The number of thiophene rings is 1. The molecule has 0 saturated heterocycles. The van der Waals surface area contributed by atoms with E-state index in [2.05, 4.69) is 5.32 Å². The van der Waals surface area contributed by atoms with Crippen LogP contribution in [0.15, 0.2) is 54.6 Å². The van der Waals surface area contributed by atoms with E-state index < -0.39 is 17.7 Å². The monoisotopic (exact) mass is 452 g/mol. The minimum atomic E-state index is -0.444. The molecule has 7 nitrogen and oxygen atoms in total. The molecule has 4 rings (SSSR count). The first-order chi connectivity index (χ1) is 14.8. The summed E-state index contributed by atoms with van der Waals surface area (Å²) in [5.74, 6) is -1.25. The van der Waals surface area contributed by atoms with Crippen molar-refractivity contribution in [2.75, 3.05) is 11.9 Å². The summed E-state index contributed by atoms with van der Waals surface area (Å²) in [6.07, 6.45) is 0.457. The van der Waals surface area contributed by atoms with Crippen molar-refractivity contribution in [1.82, 2.24) is 4.90 Å². The van der Waals surface area contributed by atoms with E-state index >= 15 is 0 Å². The Morgan fingerprint density at radius 1 is 1.06 bits per heavy atom. The number of rotatable bonds is 6. The summed E-state index contributed by atoms with van der Waals surface area (Å²) < 4.78 is 0.484. The second kappa shape index (κ2) is 8.33. The lowest BCUT2D eigenvalue weighted by Gasteiger charge is -2.14. The van der Waals surface area contributed by atoms with Gasteiger partial charge < -0.3 is 11.1 Å². The molecule has 0 unspecified atom stereocenters. The maximum atomic E-state index is 13.0. The lowest BCUT2D eigenvalue weighted by molar-refractivity contribution is 0.0656. The Morgan fingerprint density at radius 3 is 2.45 bits per heavy atom. The fraction of sp³-hybridized carbons (Fsp3) is 0.0909. The molecule has 4 N–H and O–H groups in total. The number of anilines is 1. The zero-order chi connectivity index (χ0) is 22.1. The SMILES string of the molecule is N=C(N)c1ccc(CCN2C(=O)c3cccc(NC(=O)c4ccc(Cl)s4)c3C2=O)cc1. The Bertz CT molecular complexity index is 1220. The summed E-state index contributed by atoms with van der Waals surface area (Å²) in [5.41, 5.74) is 7.72. The number of carbonyl (C=O) groups excluding carboxylic acids is 3. The highest BCUT2D eigenvalue weighted by molar-refractivity contribution is 7.18. The highest BCUT2D eigenvalue weighted by Crippen LogP contribution is 2.30. The van der Waals surface area contributed by atoms with Crippen LogP contribution < -0.4 is 11.1 Å². The molecule has 0 aliphatic carbocycles. The quantitative estimate of drug-likeness (QED) is 0.300. The van der Waals surface area contributed by atoms with Gasteiger partial charge in [-0.05, 0) is 36.2 Å². The molecule has 3 amide bonds. The van der Waals surface area contributed by atoms with Crippen LogP contribution in [0, 0.1) is 5.41 Å². The van der Waals surface area contributed by atoms with Gasteiger partial charge in [-0.1, -0.05) is 41.9 Å². The number of fused-ring (bicyclic) bond motifs is 1. The van der Waals surface area contributed by atoms with Crippen LogP contribution in [0.5, 0.6) is 0 Å². The Kier molecular flexibility index (Phi) is 5.58. The van der Waals surface area contributed by atoms with Crippen LogP contribution >= 0.6 is 22.9 Å². The summed E-state index contributed by atoms with van der Waals surface area (Å²) in [5, 5.41) is 10.2.